The molecule has 1 saturated heterocycles. The van der Waals surface area contributed by atoms with Crippen molar-refractivity contribution in [3.8, 4) is 0 Å². The first kappa shape index (κ1) is 16.6. The SMILES string of the molecule is CC(C)(C)OC(=O)NC1CCC(OC2CCCCO2)CC1. The third kappa shape index (κ3) is 6.22. The predicted octanol–water partition coefficient (Wildman–Crippen LogP) is 3.37. The molecule has 2 fully saturated rings. The van der Waals surface area contributed by atoms with Crippen LogP contribution in [0.15, 0.2) is 0 Å². The Morgan fingerprint density at radius 1 is 1.10 bits per heavy atom. The molecule has 1 N–H and O–H groups in total. The van der Waals surface area contributed by atoms with Crippen molar-refractivity contribution in [1.82, 2.24) is 5.32 Å². The van der Waals surface area contributed by atoms with E-state index in [1.54, 1.807) is 0 Å². The van der Waals surface area contributed by atoms with Gasteiger partial charge in [-0.1, -0.05) is 0 Å². The minimum atomic E-state index is -0.442. The van der Waals surface area contributed by atoms with E-state index >= 15 is 0 Å². The molecule has 0 aromatic rings. The zero-order valence-corrected chi connectivity index (χ0v) is 13.5. The van der Waals surface area contributed by atoms with Gasteiger partial charge >= 0.3 is 6.09 Å². The quantitative estimate of drug-likeness (QED) is 0.868. The Labute approximate surface area is 127 Å². The van der Waals surface area contributed by atoms with Crippen LogP contribution in [0.25, 0.3) is 0 Å². The molecule has 1 saturated carbocycles. The molecule has 5 nitrogen and oxygen atoms in total. The fourth-order valence-electron chi connectivity index (χ4n) is 2.85. The van der Waals surface area contributed by atoms with Crippen LogP contribution in [0.2, 0.25) is 0 Å². The number of amides is 1. The van der Waals surface area contributed by atoms with Crippen LogP contribution >= 0.6 is 0 Å². The molecule has 122 valence electrons. The second-order valence-corrected chi connectivity index (χ2v) is 7.05. The molecule has 0 bridgehead atoms. The van der Waals surface area contributed by atoms with E-state index in [9.17, 15) is 4.79 Å². The molecule has 21 heavy (non-hydrogen) atoms. The highest BCUT2D eigenvalue weighted by atomic mass is 16.7. The van der Waals surface area contributed by atoms with Gasteiger partial charge in [-0.3, -0.25) is 0 Å². The van der Waals surface area contributed by atoms with Crippen LogP contribution in [0.1, 0.15) is 65.7 Å². The van der Waals surface area contributed by atoms with Crippen LogP contribution in [-0.4, -0.2) is 36.7 Å². The summed E-state index contributed by atoms with van der Waals surface area (Å²) in [5.74, 6) is 0. The number of nitrogens with one attached hydrogen (secondary N) is 1. The van der Waals surface area contributed by atoms with Crippen molar-refractivity contribution >= 4 is 6.09 Å². The first-order chi connectivity index (χ1) is 9.92. The van der Waals surface area contributed by atoms with Crippen molar-refractivity contribution < 1.29 is 19.0 Å². The third-order valence-corrected chi connectivity index (χ3v) is 3.88. The maximum atomic E-state index is 11.7. The lowest BCUT2D eigenvalue weighted by Crippen LogP contribution is -2.42. The summed E-state index contributed by atoms with van der Waals surface area (Å²) in [4.78, 5) is 11.7. The van der Waals surface area contributed by atoms with Crippen molar-refractivity contribution in [3.05, 3.63) is 0 Å². The van der Waals surface area contributed by atoms with Crippen LogP contribution in [0.4, 0.5) is 4.79 Å². The molecule has 2 aliphatic rings. The molecule has 0 aromatic carbocycles. The summed E-state index contributed by atoms with van der Waals surface area (Å²) in [6, 6.07) is 0.201. The highest BCUT2D eigenvalue weighted by Crippen LogP contribution is 2.25. The van der Waals surface area contributed by atoms with Crippen LogP contribution in [0, 0.1) is 0 Å². The average molecular weight is 299 g/mol. The summed E-state index contributed by atoms with van der Waals surface area (Å²) in [6.07, 6.45) is 7.11. The van der Waals surface area contributed by atoms with Gasteiger partial charge < -0.3 is 19.5 Å². The number of hydrogen-bond donors (Lipinski definition) is 1. The highest BCUT2D eigenvalue weighted by Gasteiger charge is 2.27. The number of carbonyl (C=O) groups is 1. The first-order valence-electron chi connectivity index (χ1n) is 8.19. The first-order valence-corrected chi connectivity index (χ1v) is 8.19. The molecular formula is C16H29NO4. The Kier molecular flexibility index (Phi) is 5.88. The Bertz CT molecular complexity index is 326. The summed E-state index contributed by atoms with van der Waals surface area (Å²) in [6.45, 7) is 6.45. The maximum Gasteiger partial charge on any atom is 0.407 e. The Morgan fingerprint density at radius 2 is 1.81 bits per heavy atom. The van der Waals surface area contributed by atoms with Gasteiger partial charge in [-0.15, -0.1) is 0 Å². The Hall–Kier alpha value is -0.810. The van der Waals surface area contributed by atoms with Crippen LogP contribution in [0.5, 0.6) is 0 Å². The van der Waals surface area contributed by atoms with Crippen molar-refractivity contribution in [1.29, 1.82) is 0 Å². The molecular weight excluding hydrogens is 270 g/mol. The normalized spacial score (nSPS) is 30.7. The van der Waals surface area contributed by atoms with E-state index in [0.29, 0.717) is 0 Å². The topological polar surface area (TPSA) is 56.8 Å². The molecule has 0 radical (unpaired) electrons. The molecule has 2 rings (SSSR count). The van der Waals surface area contributed by atoms with Crippen LogP contribution in [0.3, 0.4) is 0 Å². The van der Waals surface area contributed by atoms with Crippen LogP contribution < -0.4 is 5.32 Å². The minimum absolute atomic E-state index is 0.0147. The van der Waals surface area contributed by atoms with Crippen molar-refractivity contribution in [2.24, 2.45) is 0 Å². The second kappa shape index (κ2) is 7.45. The molecule has 1 aliphatic carbocycles. The van der Waals surface area contributed by atoms with Gasteiger partial charge in [-0.2, -0.15) is 0 Å². The molecule has 5 heteroatoms. The fraction of sp³-hybridized carbons (Fsp3) is 0.938. The lowest BCUT2D eigenvalue weighted by Gasteiger charge is -2.33. The number of ether oxygens (including phenoxy) is 3. The highest BCUT2D eigenvalue weighted by molar-refractivity contribution is 5.68. The zero-order chi connectivity index (χ0) is 15.3. The number of hydrogen-bond acceptors (Lipinski definition) is 4. The molecule has 0 aromatic heterocycles. The van der Waals surface area contributed by atoms with Gasteiger partial charge in [0.05, 0.1) is 6.10 Å². The van der Waals surface area contributed by atoms with Crippen molar-refractivity contribution in [3.63, 3.8) is 0 Å². The van der Waals surface area contributed by atoms with Gasteiger partial charge in [0.2, 0.25) is 0 Å². The van der Waals surface area contributed by atoms with Crippen LogP contribution in [-0.2, 0) is 14.2 Å². The third-order valence-electron chi connectivity index (χ3n) is 3.88. The van der Waals surface area contributed by atoms with Gasteiger partial charge in [0.15, 0.2) is 6.29 Å². The minimum Gasteiger partial charge on any atom is -0.444 e. The number of carbonyl (C=O) groups excluding carboxylic acids is 1. The summed E-state index contributed by atoms with van der Waals surface area (Å²) in [5.41, 5.74) is -0.442. The Morgan fingerprint density at radius 3 is 2.38 bits per heavy atom. The van der Waals surface area contributed by atoms with E-state index in [1.165, 1.54) is 6.42 Å². The largest absolute Gasteiger partial charge is 0.444 e. The average Bonchev–Trinajstić information content (AvgIpc) is 2.40. The second-order valence-electron chi connectivity index (χ2n) is 7.05. The fourth-order valence-corrected chi connectivity index (χ4v) is 2.85. The van der Waals surface area contributed by atoms with E-state index in [2.05, 4.69) is 5.32 Å². The van der Waals surface area contributed by atoms with E-state index in [1.807, 2.05) is 20.8 Å². The lowest BCUT2D eigenvalue weighted by molar-refractivity contribution is -0.193. The van der Waals surface area contributed by atoms with Gasteiger partial charge in [-0.25, -0.2) is 4.79 Å². The van der Waals surface area contributed by atoms with Crippen molar-refractivity contribution in [2.45, 2.75) is 89.8 Å². The maximum absolute atomic E-state index is 11.7. The smallest absolute Gasteiger partial charge is 0.407 e. The summed E-state index contributed by atoms with van der Waals surface area (Å²) < 4.78 is 16.9. The Balaban J connectivity index is 1.64. The standard InChI is InChI=1S/C16H29NO4/c1-16(2,3)21-15(18)17-12-7-9-13(10-8-12)20-14-6-4-5-11-19-14/h12-14H,4-11H2,1-3H3,(H,17,18). The van der Waals surface area contributed by atoms with Gasteiger partial charge in [-0.05, 0) is 65.7 Å². The van der Waals surface area contributed by atoms with Gasteiger partial charge in [0.1, 0.15) is 5.60 Å². The number of rotatable bonds is 3. The molecule has 1 unspecified atom stereocenters. The van der Waals surface area contributed by atoms with E-state index in [-0.39, 0.29) is 24.5 Å². The zero-order valence-electron chi connectivity index (χ0n) is 13.5. The number of alkyl carbamates (subject to hydrolysis) is 1. The molecule has 1 atom stereocenters. The van der Waals surface area contributed by atoms with E-state index < -0.39 is 5.60 Å². The lowest BCUT2D eigenvalue weighted by atomic mass is 9.93. The monoisotopic (exact) mass is 299 g/mol. The van der Waals surface area contributed by atoms with Crippen molar-refractivity contribution in [2.75, 3.05) is 6.61 Å². The molecule has 0 spiro atoms. The summed E-state index contributed by atoms with van der Waals surface area (Å²) >= 11 is 0. The van der Waals surface area contributed by atoms with Gasteiger partial charge in [0.25, 0.3) is 0 Å². The summed E-state index contributed by atoms with van der Waals surface area (Å²) in [5, 5.41) is 2.95. The van der Waals surface area contributed by atoms with E-state index in [4.69, 9.17) is 14.2 Å². The predicted molar refractivity (Wildman–Crippen MR) is 80.1 cm³/mol. The molecule has 1 heterocycles. The summed E-state index contributed by atoms with van der Waals surface area (Å²) in [7, 11) is 0. The van der Waals surface area contributed by atoms with E-state index in [0.717, 1.165) is 45.1 Å². The van der Waals surface area contributed by atoms with Gasteiger partial charge in [0, 0.05) is 12.6 Å². The molecule has 1 amide bonds. The molecule has 1 aliphatic heterocycles.